The Morgan fingerprint density at radius 3 is 1.84 bits per heavy atom. The van der Waals surface area contributed by atoms with Crippen molar-refractivity contribution in [1.82, 2.24) is 0 Å². The molecule has 2 aromatic carbocycles. The van der Waals surface area contributed by atoms with Crippen LogP contribution in [0.2, 0.25) is 0 Å². The predicted octanol–water partition coefficient (Wildman–Crippen LogP) is 3.96. The number of nitriles is 2. The van der Waals surface area contributed by atoms with Gasteiger partial charge in [0.05, 0.1) is 17.0 Å². The molecule has 0 N–H and O–H groups in total. The van der Waals surface area contributed by atoms with Gasteiger partial charge in [0.25, 0.3) is 0 Å². The molecule has 25 heavy (non-hydrogen) atoms. The fourth-order valence-corrected chi connectivity index (χ4v) is 2.81. The molecule has 1 aliphatic carbocycles. The number of alkyl halides is 3. The van der Waals surface area contributed by atoms with Crippen LogP contribution in [-0.4, -0.2) is 11.4 Å². The van der Waals surface area contributed by atoms with E-state index in [4.69, 9.17) is 10.5 Å². The molecule has 0 unspecified atom stereocenters. The van der Waals surface area contributed by atoms with Crippen molar-refractivity contribution in [2.45, 2.75) is 13.1 Å². The Bertz CT molecular complexity index is 1020. The minimum absolute atomic E-state index is 0.127. The highest BCUT2D eigenvalue weighted by molar-refractivity contribution is 6.32. The summed E-state index contributed by atoms with van der Waals surface area (Å²) >= 11 is 0. The molecule has 122 valence electrons. The molecule has 0 aliphatic heterocycles. The molecule has 1 aliphatic rings. The van der Waals surface area contributed by atoms with Crippen LogP contribution in [-0.2, 0) is 6.18 Å². The lowest BCUT2D eigenvalue weighted by molar-refractivity contribution is -0.137. The van der Waals surface area contributed by atoms with E-state index in [9.17, 15) is 13.2 Å². The Labute approximate surface area is 141 Å². The average Bonchev–Trinajstić information content (AvgIpc) is 2.56. The van der Waals surface area contributed by atoms with Crippen molar-refractivity contribution in [1.29, 1.82) is 10.5 Å². The van der Waals surface area contributed by atoms with Crippen LogP contribution in [0.1, 0.15) is 33.4 Å². The van der Waals surface area contributed by atoms with Crippen molar-refractivity contribution in [3.63, 3.8) is 0 Å². The second kappa shape index (κ2) is 5.88. The van der Waals surface area contributed by atoms with E-state index in [0.29, 0.717) is 16.7 Å². The molecule has 4 nitrogen and oxygen atoms in total. The van der Waals surface area contributed by atoms with Crippen LogP contribution in [0.15, 0.2) is 46.4 Å². The van der Waals surface area contributed by atoms with E-state index in [1.807, 2.05) is 6.92 Å². The Hall–Kier alpha value is -3.45. The van der Waals surface area contributed by atoms with Crippen molar-refractivity contribution in [2.75, 3.05) is 0 Å². The maximum atomic E-state index is 13.1. The highest BCUT2D eigenvalue weighted by atomic mass is 19.4. The van der Waals surface area contributed by atoms with Crippen LogP contribution in [0.5, 0.6) is 0 Å². The predicted molar refractivity (Wildman–Crippen MR) is 85.1 cm³/mol. The van der Waals surface area contributed by atoms with Crippen LogP contribution in [0, 0.1) is 29.8 Å². The molecule has 0 saturated carbocycles. The standard InChI is InChI=1S/C18H9F3N4/c1-10-2-4-12-14(6-10)16(24-8-22)13-5-3-11(18(19,20)21)7-15(13)17(12)25-9-23/h2-7H,1H3/b24-16+,25-17+. The highest BCUT2D eigenvalue weighted by Gasteiger charge is 2.34. The van der Waals surface area contributed by atoms with Crippen LogP contribution >= 0.6 is 0 Å². The van der Waals surface area contributed by atoms with Gasteiger partial charge in [-0.1, -0.05) is 23.8 Å². The van der Waals surface area contributed by atoms with E-state index in [-0.39, 0.29) is 17.0 Å². The zero-order valence-electron chi connectivity index (χ0n) is 12.9. The molecule has 3 rings (SSSR count). The Balaban J connectivity index is 2.40. The maximum absolute atomic E-state index is 13.1. The van der Waals surface area contributed by atoms with Crippen molar-refractivity contribution >= 4 is 11.4 Å². The van der Waals surface area contributed by atoms with Gasteiger partial charge in [-0.15, -0.1) is 0 Å². The number of fused-ring (bicyclic) bond motifs is 2. The van der Waals surface area contributed by atoms with Crippen LogP contribution in [0.25, 0.3) is 0 Å². The van der Waals surface area contributed by atoms with E-state index in [2.05, 4.69) is 9.98 Å². The van der Waals surface area contributed by atoms with Crippen LogP contribution in [0.4, 0.5) is 13.2 Å². The van der Waals surface area contributed by atoms with Gasteiger partial charge < -0.3 is 0 Å². The van der Waals surface area contributed by atoms with Gasteiger partial charge >= 0.3 is 6.18 Å². The number of halogens is 3. The highest BCUT2D eigenvalue weighted by Crippen LogP contribution is 2.35. The number of hydrogen-bond acceptors (Lipinski definition) is 4. The molecular formula is C18H9F3N4. The zero-order chi connectivity index (χ0) is 18.2. The number of aryl methyl sites for hydroxylation is 1. The topological polar surface area (TPSA) is 72.3 Å². The smallest absolute Gasteiger partial charge is 0.172 e. The van der Waals surface area contributed by atoms with Gasteiger partial charge in [-0.25, -0.2) is 0 Å². The Kier molecular flexibility index (Phi) is 3.86. The quantitative estimate of drug-likeness (QED) is 0.582. The molecular weight excluding hydrogens is 329 g/mol. The monoisotopic (exact) mass is 338 g/mol. The summed E-state index contributed by atoms with van der Waals surface area (Å²) in [6, 6.07) is 8.30. The third-order valence-corrected chi connectivity index (χ3v) is 3.87. The van der Waals surface area contributed by atoms with Crippen molar-refractivity contribution < 1.29 is 13.2 Å². The van der Waals surface area contributed by atoms with Gasteiger partial charge in [0.1, 0.15) is 0 Å². The lowest BCUT2D eigenvalue weighted by atomic mass is 9.81. The number of aliphatic imine (C=N–C) groups is 2. The van der Waals surface area contributed by atoms with Gasteiger partial charge in [-0.3, -0.25) is 0 Å². The number of benzene rings is 2. The summed E-state index contributed by atoms with van der Waals surface area (Å²) in [4.78, 5) is 7.53. The fraction of sp³-hybridized carbons (Fsp3) is 0.111. The first-order chi connectivity index (χ1) is 11.9. The number of hydrogen-bond donors (Lipinski definition) is 0. The first kappa shape index (κ1) is 16.4. The van der Waals surface area contributed by atoms with Crippen molar-refractivity contribution in [2.24, 2.45) is 9.98 Å². The largest absolute Gasteiger partial charge is 0.416 e. The third-order valence-electron chi connectivity index (χ3n) is 3.87. The second-order valence-corrected chi connectivity index (χ2v) is 5.43. The molecule has 0 heterocycles. The summed E-state index contributed by atoms with van der Waals surface area (Å²) in [5.74, 6) is 0. The van der Waals surface area contributed by atoms with E-state index in [1.165, 1.54) is 6.07 Å². The fourth-order valence-electron chi connectivity index (χ4n) is 2.81. The Morgan fingerprint density at radius 2 is 1.32 bits per heavy atom. The van der Waals surface area contributed by atoms with Gasteiger partial charge in [-0.05, 0) is 25.1 Å². The molecule has 0 amide bonds. The molecule has 0 fully saturated rings. The van der Waals surface area contributed by atoms with E-state index < -0.39 is 11.7 Å². The summed E-state index contributed by atoms with van der Waals surface area (Å²) in [5, 5.41) is 18.0. The number of rotatable bonds is 0. The lowest BCUT2D eigenvalue weighted by Gasteiger charge is -2.23. The normalized spacial score (nSPS) is 16.1. The van der Waals surface area contributed by atoms with Gasteiger partial charge in [-0.2, -0.15) is 33.7 Å². The molecule has 0 radical (unpaired) electrons. The molecule has 0 aromatic heterocycles. The molecule has 7 heteroatoms. The van der Waals surface area contributed by atoms with E-state index >= 15 is 0 Å². The Morgan fingerprint density at radius 1 is 0.800 bits per heavy atom. The molecule has 0 bridgehead atoms. The molecule has 2 aromatic rings. The lowest BCUT2D eigenvalue weighted by Crippen LogP contribution is -2.23. The minimum atomic E-state index is -4.53. The summed E-state index contributed by atoms with van der Waals surface area (Å²) in [7, 11) is 0. The minimum Gasteiger partial charge on any atom is -0.172 e. The van der Waals surface area contributed by atoms with Crippen molar-refractivity contribution in [3.05, 3.63) is 69.8 Å². The summed E-state index contributed by atoms with van der Waals surface area (Å²) in [6.07, 6.45) is -1.20. The first-order valence-corrected chi connectivity index (χ1v) is 7.13. The summed E-state index contributed by atoms with van der Waals surface area (Å²) < 4.78 is 39.2. The SMILES string of the molecule is Cc1ccc2c(c1)/C(=N/C#N)c1ccc(C(F)(F)F)cc1/C2=N/C#N. The van der Waals surface area contributed by atoms with Gasteiger partial charge in [0, 0.05) is 22.3 Å². The average molecular weight is 338 g/mol. The summed E-state index contributed by atoms with van der Waals surface area (Å²) in [5.41, 5.74) is 1.91. The van der Waals surface area contributed by atoms with E-state index in [0.717, 1.165) is 17.7 Å². The first-order valence-electron chi connectivity index (χ1n) is 7.13. The second-order valence-electron chi connectivity index (χ2n) is 5.43. The summed E-state index contributed by atoms with van der Waals surface area (Å²) in [6.45, 7) is 1.84. The zero-order valence-corrected chi connectivity index (χ0v) is 12.9. The maximum Gasteiger partial charge on any atom is 0.416 e. The van der Waals surface area contributed by atoms with Crippen LogP contribution < -0.4 is 0 Å². The van der Waals surface area contributed by atoms with E-state index in [1.54, 1.807) is 30.6 Å². The molecule has 0 saturated heterocycles. The van der Waals surface area contributed by atoms with Gasteiger partial charge in [0.15, 0.2) is 0 Å². The molecule has 0 atom stereocenters. The number of nitrogens with zero attached hydrogens (tertiary/aromatic N) is 4. The van der Waals surface area contributed by atoms with Gasteiger partial charge in [0.2, 0.25) is 12.4 Å². The third kappa shape index (κ3) is 2.77. The van der Waals surface area contributed by atoms with Crippen LogP contribution in [0.3, 0.4) is 0 Å². The van der Waals surface area contributed by atoms with Crippen molar-refractivity contribution in [3.8, 4) is 12.4 Å². The molecule has 0 spiro atoms.